The monoisotopic (exact) mass is 376 g/mol. The number of hydrogen-bond acceptors (Lipinski definition) is 5. The number of nitrogens with zero attached hydrogens (tertiary/aromatic N) is 3. The van der Waals surface area contributed by atoms with Crippen LogP contribution in [-0.2, 0) is 19.6 Å². The van der Waals surface area contributed by atoms with E-state index in [-0.39, 0.29) is 17.3 Å². The lowest BCUT2D eigenvalue weighted by atomic mass is 10.0. The number of benzene rings is 1. The Labute approximate surface area is 151 Å². The molecule has 0 unspecified atom stereocenters. The van der Waals surface area contributed by atoms with Gasteiger partial charge in [-0.05, 0) is 25.0 Å². The van der Waals surface area contributed by atoms with E-state index in [0.717, 1.165) is 5.69 Å². The molecule has 138 valence electrons. The normalized spacial score (nSPS) is 24.5. The molecule has 0 aliphatic carbocycles. The summed E-state index contributed by atoms with van der Waals surface area (Å²) in [6.45, 7) is 1.08. The Bertz CT molecular complexity index is 896. The molecule has 1 N–H and O–H groups in total. The number of amides is 1. The third-order valence-electron chi connectivity index (χ3n) is 4.72. The zero-order chi connectivity index (χ0) is 18.1. The van der Waals surface area contributed by atoms with Crippen LogP contribution in [0, 0.1) is 0 Å². The maximum atomic E-state index is 13.2. The van der Waals surface area contributed by atoms with Crippen molar-refractivity contribution in [2.75, 3.05) is 19.7 Å². The van der Waals surface area contributed by atoms with Crippen LogP contribution in [0.25, 0.3) is 5.69 Å². The number of carbonyl (C=O) groups is 1. The van der Waals surface area contributed by atoms with E-state index in [1.807, 2.05) is 30.3 Å². The minimum absolute atomic E-state index is 0.0686. The van der Waals surface area contributed by atoms with E-state index in [9.17, 15) is 13.2 Å². The number of para-hydroxylation sites is 1. The number of carbonyl (C=O) groups excluding carboxylic acids is 1. The van der Waals surface area contributed by atoms with Gasteiger partial charge in [0.25, 0.3) is 0 Å². The Morgan fingerprint density at radius 2 is 2.04 bits per heavy atom. The number of nitrogens with one attached hydrogen (secondary N) is 1. The predicted molar refractivity (Wildman–Crippen MR) is 93.2 cm³/mol. The van der Waals surface area contributed by atoms with E-state index < -0.39 is 22.2 Å². The van der Waals surface area contributed by atoms with Crippen molar-refractivity contribution in [2.24, 2.45) is 0 Å². The number of aromatic nitrogens is 2. The van der Waals surface area contributed by atoms with Crippen molar-refractivity contribution in [3.05, 3.63) is 42.7 Å². The van der Waals surface area contributed by atoms with Crippen LogP contribution in [0.3, 0.4) is 0 Å². The lowest BCUT2D eigenvalue weighted by molar-refractivity contribution is -0.128. The van der Waals surface area contributed by atoms with Crippen molar-refractivity contribution in [1.82, 2.24) is 19.4 Å². The fraction of sp³-hybridized carbons (Fsp3) is 0.412. The number of piperidine rings is 1. The number of hydrogen-bond donors (Lipinski definition) is 1. The van der Waals surface area contributed by atoms with Gasteiger partial charge in [-0.25, -0.2) is 13.1 Å². The second kappa shape index (κ2) is 6.82. The van der Waals surface area contributed by atoms with Crippen molar-refractivity contribution in [2.45, 2.75) is 29.9 Å². The van der Waals surface area contributed by atoms with Gasteiger partial charge in [-0.15, -0.1) is 0 Å². The van der Waals surface area contributed by atoms with Gasteiger partial charge < -0.3 is 10.1 Å². The summed E-state index contributed by atoms with van der Waals surface area (Å²) in [6, 6.07) is 8.43. The van der Waals surface area contributed by atoms with Gasteiger partial charge in [0.15, 0.2) is 0 Å². The molecule has 0 spiro atoms. The van der Waals surface area contributed by atoms with Gasteiger partial charge in [-0.1, -0.05) is 18.2 Å². The highest BCUT2D eigenvalue weighted by molar-refractivity contribution is 7.89. The molecule has 2 aliphatic rings. The highest BCUT2D eigenvalue weighted by atomic mass is 32.2. The molecule has 1 aromatic heterocycles. The smallest absolute Gasteiger partial charge is 0.247 e. The van der Waals surface area contributed by atoms with Crippen LogP contribution >= 0.6 is 0 Å². The molecule has 0 bridgehead atoms. The Morgan fingerprint density at radius 3 is 2.85 bits per heavy atom. The lowest BCUT2D eigenvalue weighted by Crippen LogP contribution is -2.57. The maximum absolute atomic E-state index is 13.2. The van der Waals surface area contributed by atoms with Crippen LogP contribution in [-0.4, -0.2) is 60.3 Å². The summed E-state index contributed by atoms with van der Waals surface area (Å²) in [6.07, 6.45) is 3.71. The van der Waals surface area contributed by atoms with Crippen LogP contribution in [0.4, 0.5) is 0 Å². The number of fused-ring (bicyclic) bond motifs is 1. The molecule has 2 fully saturated rings. The number of rotatable bonds is 3. The third kappa shape index (κ3) is 3.02. The molecule has 3 heterocycles. The lowest BCUT2D eigenvalue weighted by Gasteiger charge is -2.37. The maximum Gasteiger partial charge on any atom is 0.247 e. The van der Waals surface area contributed by atoms with Crippen molar-refractivity contribution in [3.8, 4) is 5.69 Å². The standard InChI is InChI=1S/C17H20N4O4S/c22-17-16-15(25-10-8-18-17)7-4-9-21(16)26(23,24)14-11-19-20(12-14)13-5-2-1-3-6-13/h1-3,5-6,11-12,15-16H,4,7-10H2,(H,18,22)/t15-,16-/m1/s1. The van der Waals surface area contributed by atoms with E-state index in [2.05, 4.69) is 10.4 Å². The quantitative estimate of drug-likeness (QED) is 0.844. The summed E-state index contributed by atoms with van der Waals surface area (Å²) in [5.74, 6) is -0.300. The zero-order valence-electron chi connectivity index (χ0n) is 14.1. The second-order valence-electron chi connectivity index (χ2n) is 6.36. The molecule has 26 heavy (non-hydrogen) atoms. The summed E-state index contributed by atoms with van der Waals surface area (Å²) in [7, 11) is -3.86. The fourth-order valence-corrected chi connectivity index (χ4v) is 5.04. The highest BCUT2D eigenvalue weighted by Crippen LogP contribution is 2.28. The van der Waals surface area contributed by atoms with Crippen LogP contribution in [0.5, 0.6) is 0 Å². The molecule has 1 aromatic carbocycles. The first-order chi connectivity index (χ1) is 12.6. The molecule has 2 aromatic rings. The molecule has 0 radical (unpaired) electrons. The van der Waals surface area contributed by atoms with E-state index in [1.54, 1.807) is 0 Å². The predicted octanol–water partition coefficient (Wildman–Crippen LogP) is 0.540. The number of sulfonamides is 1. The van der Waals surface area contributed by atoms with Crippen LogP contribution in [0.15, 0.2) is 47.6 Å². The van der Waals surface area contributed by atoms with E-state index in [4.69, 9.17) is 4.74 Å². The molecule has 0 saturated carbocycles. The van der Waals surface area contributed by atoms with Gasteiger partial charge in [0.05, 0.1) is 30.8 Å². The average Bonchev–Trinajstić information content (AvgIpc) is 3.09. The number of ether oxygens (including phenoxy) is 1. The largest absolute Gasteiger partial charge is 0.374 e. The van der Waals surface area contributed by atoms with Gasteiger partial charge in [0.2, 0.25) is 15.9 Å². The van der Waals surface area contributed by atoms with Crippen LogP contribution in [0.1, 0.15) is 12.8 Å². The van der Waals surface area contributed by atoms with Crippen molar-refractivity contribution >= 4 is 15.9 Å². The Kier molecular flexibility index (Phi) is 4.51. The SMILES string of the molecule is O=C1NCCO[C@@H]2CCCN(S(=O)(=O)c3cnn(-c4ccccc4)c3)[C@@H]12. The van der Waals surface area contributed by atoms with Gasteiger partial charge in [-0.3, -0.25) is 4.79 Å². The van der Waals surface area contributed by atoms with Crippen molar-refractivity contribution in [3.63, 3.8) is 0 Å². The summed E-state index contributed by atoms with van der Waals surface area (Å²) in [5, 5.41) is 6.91. The van der Waals surface area contributed by atoms with E-state index in [1.165, 1.54) is 21.4 Å². The van der Waals surface area contributed by atoms with Gasteiger partial charge in [0.1, 0.15) is 10.9 Å². The molecule has 2 saturated heterocycles. The minimum Gasteiger partial charge on any atom is -0.374 e. The molecule has 2 atom stereocenters. The van der Waals surface area contributed by atoms with Crippen molar-refractivity contribution in [1.29, 1.82) is 0 Å². The molecular weight excluding hydrogens is 356 g/mol. The fourth-order valence-electron chi connectivity index (χ4n) is 3.46. The van der Waals surface area contributed by atoms with Crippen LogP contribution < -0.4 is 5.32 Å². The summed E-state index contributed by atoms with van der Waals surface area (Å²) < 4.78 is 34.8. The molecule has 8 nitrogen and oxygen atoms in total. The molecular formula is C17H20N4O4S. The third-order valence-corrected chi connectivity index (χ3v) is 6.55. The first-order valence-electron chi connectivity index (χ1n) is 8.58. The summed E-state index contributed by atoms with van der Waals surface area (Å²) in [5.41, 5.74) is 0.765. The summed E-state index contributed by atoms with van der Waals surface area (Å²) in [4.78, 5) is 12.5. The van der Waals surface area contributed by atoms with Gasteiger partial charge in [-0.2, -0.15) is 9.40 Å². The minimum atomic E-state index is -3.86. The molecule has 1 amide bonds. The summed E-state index contributed by atoms with van der Waals surface area (Å²) >= 11 is 0. The average molecular weight is 376 g/mol. The molecule has 4 rings (SSSR count). The van der Waals surface area contributed by atoms with E-state index in [0.29, 0.717) is 26.0 Å². The Balaban J connectivity index is 1.67. The molecule has 9 heteroatoms. The van der Waals surface area contributed by atoms with Gasteiger partial charge >= 0.3 is 0 Å². The zero-order valence-corrected chi connectivity index (χ0v) is 14.9. The van der Waals surface area contributed by atoms with Gasteiger partial charge in [0, 0.05) is 13.1 Å². The van der Waals surface area contributed by atoms with Crippen molar-refractivity contribution < 1.29 is 17.9 Å². The van der Waals surface area contributed by atoms with E-state index >= 15 is 0 Å². The Morgan fingerprint density at radius 1 is 1.23 bits per heavy atom. The van der Waals surface area contributed by atoms with Crippen LogP contribution in [0.2, 0.25) is 0 Å². The second-order valence-corrected chi connectivity index (χ2v) is 8.25. The highest BCUT2D eigenvalue weighted by Gasteiger charge is 2.45. The topological polar surface area (TPSA) is 93.5 Å². The Hall–Kier alpha value is -2.23. The first kappa shape index (κ1) is 17.2. The molecule has 2 aliphatic heterocycles. The first-order valence-corrected chi connectivity index (χ1v) is 10.0.